The first kappa shape index (κ1) is 25.5. The van der Waals surface area contributed by atoms with Gasteiger partial charge in [-0.15, -0.1) is 0 Å². The van der Waals surface area contributed by atoms with E-state index >= 15 is 0 Å². The summed E-state index contributed by atoms with van der Waals surface area (Å²) in [6.07, 6.45) is 5.10. The Labute approximate surface area is 213 Å². The zero-order chi connectivity index (χ0) is 24.5. The second-order valence-electron chi connectivity index (χ2n) is 7.37. The van der Waals surface area contributed by atoms with Crippen LogP contribution >= 0.6 is 35.4 Å². The van der Waals surface area contributed by atoms with Gasteiger partial charge in [-0.25, -0.2) is 0 Å². The highest BCUT2D eigenvalue weighted by Gasteiger charge is 2.08. The van der Waals surface area contributed by atoms with Crippen LogP contribution < -0.4 is 16.0 Å². The lowest BCUT2D eigenvalue weighted by Gasteiger charge is -2.10. The molecule has 0 saturated heterocycles. The van der Waals surface area contributed by atoms with Gasteiger partial charge in [-0.1, -0.05) is 42.6 Å². The van der Waals surface area contributed by atoms with Gasteiger partial charge in [0.2, 0.25) is 11.8 Å². The number of unbranched alkanes of at least 4 members (excludes halogenated alkanes) is 1. The van der Waals surface area contributed by atoms with Crippen molar-refractivity contribution in [3.05, 3.63) is 76.5 Å². The topological polar surface area (TPSA) is 83.4 Å². The van der Waals surface area contributed by atoms with E-state index < -0.39 is 5.91 Å². The maximum Gasteiger partial charge on any atom is 0.250 e. The van der Waals surface area contributed by atoms with Crippen molar-refractivity contribution in [2.45, 2.75) is 26.2 Å². The van der Waals surface area contributed by atoms with Crippen LogP contribution in [0.2, 0.25) is 10.0 Å². The summed E-state index contributed by atoms with van der Waals surface area (Å²) < 4.78 is 5.73. The van der Waals surface area contributed by atoms with Gasteiger partial charge >= 0.3 is 0 Å². The minimum atomic E-state index is -0.426. The molecule has 0 unspecified atom stereocenters. The Morgan fingerprint density at radius 3 is 2.41 bits per heavy atom. The monoisotopic (exact) mass is 515 g/mol. The zero-order valence-electron chi connectivity index (χ0n) is 18.4. The number of benzene rings is 2. The number of nitrogens with one attached hydrogen (secondary N) is 3. The van der Waals surface area contributed by atoms with E-state index in [1.807, 2.05) is 6.92 Å². The molecule has 1 heterocycles. The molecule has 2 amide bonds. The summed E-state index contributed by atoms with van der Waals surface area (Å²) in [4.78, 5) is 24.1. The van der Waals surface area contributed by atoms with E-state index in [9.17, 15) is 9.59 Å². The molecule has 34 heavy (non-hydrogen) atoms. The van der Waals surface area contributed by atoms with E-state index in [2.05, 4.69) is 16.0 Å². The van der Waals surface area contributed by atoms with Crippen molar-refractivity contribution in [1.29, 1.82) is 0 Å². The van der Waals surface area contributed by atoms with Crippen molar-refractivity contribution in [2.24, 2.45) is 0 Å². The molecule has 0 saturated carbocycles. The van der Waals surface area contributed by atoms with Gasteiger partial charge in [0.05, 0.1) is 0 Å². The molecule has 176 valence electrons. The number of carbonyl (C=O) groups is 2. The Morgan fingerprint density at radius 2 is 1.71 bits per heavy atom. The van der Waals surface area contributed by atoms with Gasteiger partial charge in [-0.05, 0) is 73.2 Å². The predicted octanol–water partition coefficient (Wildman–Crippen LogP) is 6.91. The van der Waals surface area contributed by atoms with Gasteiger partial charge < -0.3 is 15.1 Å². The highest BCUT2D eigenvalue weighted by molar-refractivity contribution is 7.80. The molecule has 0 bridgehead atoms. The van der Waals surface area contributed by atoms with Crippen LogP contribution in [-0.4, -0.2) is 16.9 Å². The molecular formula is C25H23Cl2N3O3S. The fourth-order valence-corrected chi connectivity index (χ4v) is 3.75. The molecule has 0 aliphatic heterocycles. The SMILES string of the molecule is CCCCC(=O)Nc1cccc(NC(=S)NC(=O)/C=C/c2ccc(-c3cc(Cl)cc(Cl)c3)o2)c1. The fraction of sp³-hybridized carbons (Fsp3) is 0.160. The van der Waals surface area contributed by atoms with Gasteiger partial charge in [0.1, 0.15) is 11.5 Å². The predicted molar refractivity (Wildman–Crippen MR) is 142 cm³/mol. The number of carbonyl (C=O) groups excluding carboxylic acids is 2. The first-order valence-electron chi connectivity index (χ1n) is 10.6. The quantitative estimate of drug-likeness (QED) is 0.224. The number of hydrogen-bond acceptors (Lipinski definition) is 4. The number of thiocarbonyl (C=S) groups is 1. The molecule has 0 radical (unpaired) electrons. The van der Waals surface area contributed by atoms with Crippen LogP contribution in [0.4, 0.5) is 11.4 Å². The van der Waals surface area contributed by atoms with Crippen LogP contribution in [0, 0.1) is 0 Å². The number of amides is 2. The molecule has 3 rings (SSSR count). The molecule has 0 aliphatic rings. The van der Waals surface area contributed by atoms with E-state index in [4.69, 9.17) is 39.8 Å². The average Bonchev–Trinajstić information content (AvgIpc) is 3.25. The summed E-state index contributed by atoms with van der Waals surface area (Å²) in [6, 6.07) is 15.7. The van der Waals surface area contributed by atoms with E-state index in [0.717, 1.165) is 18.4 Å². The third kappa shape index (κ3) is 8.02. The Balaban J connectivity index is 1.53. The molecular weight excluding hydrogens is 493 g/mol. The lowest BCUT2D eigenvalue weighted by Crippen LogP contribution is -2.32. The Hall–Kier alpha value is -3.13. The highest BCUT2D eigenvalue weighted by atomic mass is 35.5. The van der Waals surface area contributed by atoms with Crippen LogP contribution in [0.5, 0.6) is 0 Å². The molecule has 6 nitrogen and oxygen atoms in total. The van der Waals surface area contributed by atoms with Crippen LogP contribution in [0.25, 0.3) is 17.4 Å². The molecule has 9 heteroatoms. The maximum absolute atomic E-state index is 12.2. The number of furan rings is 1. The van der Waals surface area contributed by atoms with Crippen molar-refractivity contribution in [3.63, 3.8) is 0 Å². The van der Waals surface area contributed by atoms with Crippen molar-refractivity contribution < 1.29 is 14.0 Å². The summed E-state index contributed by atoms with van der Waals surface area (Å²) in [6.45, 7) is 2.03. The second-order valence-corrected chi connectivity index (χ2v) is 8.65. The highest BCUT2D eigenvalue weighted by Crippen LogP contribution is 2.28. The molecule has 3 aromatic rings. The van der Waals surface area contributed by atoms with Crippen LogP contribution in [0.15, 0.2) is 65.1 Å². The minimum Gasteiger partial charge on any atom is -0.457 e. The van der Waals surface area contributed by atoms with Crippen LogP contribution in [-0.2, 0) is 9.59 Å². The van der Waals surface area contributed by atoms with Gasteiger partial charge in [0.15, 0.2) is 5.11 Å². The third-order valence-corrected chi connectivity index (χ3v) is 5.21. The van der Waals surface area contributed by atoms with E-state index in [-0.39, 0.29) is 11.0 Å². The van der Waals surface area contributed by atoms with Gasteiger partial charge in [0, 0.05) is 39.5 Å². The smallest absolute Gasteiger partial charge is 0.250 e. The van der Waals surface area contributed by atoms with Gasteiger partial charge in [-0.2, -0.15) is 0 Å². The number of halogens is 2. The molecule has 0 aliphatic carbocycles. The minimum absolute atomic E-state index is 0.0421. The van der Waals surface area contributed by atoms with E-state index in [0.29, 0.717) is 39.4 Å². The summed E-state index contributed by atoms with van der Waals surface area (Å²) >= 11 is 17.3. The lowest BCUT2D eigenvalue weighted by atomic mass is 10.2. The Morgan fingerprint density at radius 1 is 1.00 bits per heavy atom. The largest absolute Gasteiger partial charge is 0.457 e. The van der Waals surface area contributed by atoms with Gasteiger partial charge in [0.25, 0.3) is 0 Å². The molecule has 0 fully saturated rings. The summed E-state index contributed by atoms with van der Waals surface area (Å²) in [5.74, 6) is 0.583. The van der Waals surface area contributed by atoms with Crippen molar-refractivity contribution >= 4 is 69.8 Å². The first-order valence-corrected chi connectivity index (χ1v) is 11.7. The molecule has 1 aromatic heterocycles. The van der Waals surface area contributed by atoms with Crippen molar-refractivity contribution in [2.75, 3.05) is 10.6 Å². The van der Waals surface area contributed by atoms with Crippen LogP contribution in [0.1, 0.15) is 31.9 Å². The van der Waals surface area contributed by atoms with E-state index in [1.54, 1.807) is 54.6 Å². The number of hydrogen-bond donors (Lipinski definition) is 3. The lowest BCUT2D eigenvalue weighted by molar-refractivity contribution is -0.116. The first-order chi connectivity index (χ1) is 16.3. The summed E-state index contributed by atoms with van der Waals surface area (Å²) in [5, 5.41) is 9.47. The maximum atomic E-state index is 12.2. The Kier molecular flexibility index (Phi) is 9.27. The third-order valence-electron chi connectivity index (χ3n) is 4.57. The van der Waals surface area contributed by atoms with Crippen molar-refractivity contribution in [1.82, 2.24) is 5.32 Å². The number of anilines is 2. The van der Waals surface area contributed by atoms with Crippen LogP contribution in [0.3, 0.4) is 0 Å². The average molecular weight is 516 g/mol. The molecule has 2 aromatic carbocycles. The standard InChI is InChI=1S/C25H23Cl2N3O3S/c1-2-3-7-23(31)28-19-5-4-6-20(15-19)29-25(34)30-24(32)11-9-21-8-10-22(33-21)16-12-17(26)14-18(27)13-16/h4-6,8-15H,2-3,7H2,1H3,(H,28,31)(H2,29,30,32,34)/b11-9+. The molecule has 0 spiro atoms. The summed E-state index contributed by atoms with van der Waals surface area (Å²) in [7, 11) is 0. The Bertz CT molecular complexity index is 1200. The van der Waals surface area contributed by atoms with Crippen molar-refractivity contribution in [3.8, 4) is 11.3 Å². The number of rotatable bonds is 8. The zero-order valence-corrected chi connectivity index (χ0v) is 20.7. The molecule has 3 N–H and O–H groups in total. The van der Waals surface area contributed by atoms with Gasteiger partial charge in [-0.3, -0.25) is 14.9 Å². The second kappa shape index (κ2) is 12.4. The fourth-order valence-electron chi connectivity index (χ4n) is 3.00. The molecule has 0 atom stereocenters. The normalized spacial score (nSPS) is 10.8. The van der Waals surface area contributed by atoms with E-state index in [1.165, 1.54) is 12.2 Å². The summed E-state index contributed by atoms with van der Waals surface area (Å²) in [5.41, 5.74) is 2.02.